The van der Waals surface area contributed by atoms with Gasteiger partial charge >= 0.3 is 0 Å². The molecule has 9 heteroatoms. The number of Topliss-reactive ketones (excluding diaryl/α,β-unsaturated/α-hetero) is 1. The maximum absolute atomic E-state index is 12.6. The van der Waals surface area contributed by atoms with E-state index in [0.717, 1.165) is 28.8 Å². The summed E-state index contributed by atoms with van der Waals surface area (Å²) in [5.74, 6) is -1.75. The van der Waals surface area contributed by atoms with Crippen molar-refractivity contribution in [3.05, 3.63) is 64.1 Å². The largest absolute Gasteiger partial charge is 0.507 e. The zero-order valence-corrected chi connectivity index (χ0v) is 16.1. The number of thioether (sulfide) groups is 1. The molecule has 1 saturated heterocycles. The predicted octanol–water partition coefficient (Wildman–Crippen LogP) is 2.42. The fourth-order valence-electron chi connectivity index (χ4n) is 2.63. The molecule has 1 aliphatic heterocycles. The highest BCUT2D eigenvalue weighted by Gasteiger charge is 2.36. The summed E-state index contributed by atoms with van der Waals surface area (Å²) in [5, 5.41) is 9.04. The van der Waals surface area contributed by atoms with Crippen molar-refractivity contribution >= 4 is 40.7 Å². The molecule has 3 amide bonds. The standard InChI is InChI=1S/C20H16N2O6S/c1-28-13-5-2-11(3-6-13)8-17-19(26)22(20(27)29-17)10-16(24)12-4-7-15(23)14(9-12)18(21)25/h2-9,23H,10H2,1H3,(H2,21,25)/b17-8-. The van der Waals surface area contributed by atoms with Gasteiger partial charge in [0.2, 0.25) is 0 Å². The third kappa shape index (κ3) is 4.30. The lowest BCUT2D eigenvalue weighted by atomic mass is 10.1. The van der Waals surface area contributed by atoms with E-state index in [0.29, 0.717) is 11.3 Å². The summed E-state index contributed by atoms with van der Waals surface area (Å²) >= 11 is 0.735. The van der Waals surface area contributed by atoms with Gasteiger partial charge in [-0.3, -0.25) is 24.1 Å². The van der Waals surface area contributed by atoms with E-state index in [1.165, 1.54) is 13.2 Å². The second-order valence-electron chi connectivity index (χ2n) is 6.06. The summed E-state index contributed by atoms with van der Waals surface area (Å²) in [6, 6.07) is 10.5. The second kappa shape index (κ2) is 8.19. The highest BCUT2D eigenvalue weighted by Crippen LogP contribution is 2.32. The van der Waals surface area contributed by atoms with Gasteiger partial charge in [-0.15, -0.1) is 0 Å². The van der Waals surface area contributed by atoms with Crippen LogP contribution in [0, 0.1) is 0 Å². The molecule has 29 heavy (non-hydrogen) atoms. The number of nitrogens with two attached hydrogens (primary N) is 1. The minimum Gasteiger partial charge on any atom is -0.507 e. The van der Waals surface area contributed by atoms with E-state index in [-0.39, 0.29) is 21.8 Å². The Bertz CT molecular complexity index is 1050. The molecule has 2 aromatic rings. The molecular weight excluding hydrogens is 396 g/mol. The van der Waals surface area contributed by atoms with Gasteiger partial charge in [0.25, 0.3) is 17.1 Å². The van der Waals surface area contributed by atoms with E-state index < -0.39 is 29.4 Å². The average molecular weight is 412 g/mol. The van der Waals surface area contributed by atoms with Gasteiger partial charge < -0.3 is 15.6 Å². The summed E-state index contributed by atoms with van der Waals surface area (Å²) in [6.07, 6.45) is 1.56. The number of nitrogens with zero attached hydrogens (tertiary/aromatic N) is 1. The molecule has 3 N–H and O–H groups in total. The average Bonchev–Trinajstić information content (AvgIpc) is 2.96. The van der Waals surface area contributed by atoms with Crippen LogP contribution in [0.15, 0.2) is 47.4 Å². The van der Waals surface area contributed by atoms with Gasteiger partial charge in [0.15, 0.2) is 5.78 Å². The summed E-state index contributed by atoms with van der Waals surface area (Å²) < 4.78 is 5.07. The van der Waals surface area contributed by atoms with Crippen molar-refractivity contribution < 1.29 is 29.0 Å². The van der Waals surface area contributed by atoms with Crippen LogP contribution in [0.5, 0.6) is 11.5 Å². The first-order chi connectivity index (χ1) is 13.8. The van der Waals surface area contributed by atoms with Crippen molar-refractivity contribution in [2.24, 2.45) is 5.73 Å². The lowest BCUT2D eigenvalue weighted by molar-refractivity contribution is -0.122. The fraction of sp³-hybridized carbons (Fsp3) is 0.100. The SMILES string of the molecule is COc1ccc(/C=C2\SC(=O)N(CC(=O)c3ccc(O)c(C(N)=O)c3)C2=O)cc1. The number of carbonyl (C=O) groups is 4. The van der Waals surface area contributed by atoms with Gasteiger partial charge in [-0.25, -0.2) is 0 Å². The maximum Gasteiger partial charge on any atom is 0.293 e. The lowest BCUT2D eigenvalue weighted by Gasteiger charge is -2.12. The van der Waals surface area contributed by atoms with E-state index in [9.17, 15) is 24.3 Å². The van der Waals surface area contributed by atoms with Gasteiger partial charge in [-0.1, -0.05) is 12.1 Å². The van der Waals surface area contributed by atoms with Gasteiger partial charge in [0.1, 0.15) is 11.5 Å². The zero-order chi connectivity index (χ0) is 21.1. The van der Waals surface area contributed by atoms with Crippen LogP contribution >= 0.6 is 11.8 Å². The normalized spacial score (nSPS) is 15.1. The highest BCUT2D eigenvalue weighted by atomic mass is 32.2. The number of aromatic hydroxyl groups is 1. The number of benzene rings is 2. The number of methoxy groups -OCH3 is 1. The Labute approximate surface area is 169 Å². The van der Waals surface area contributed by atoms with Crippen LogP contribution in [-0.2, 0) is 4.79 Å². The number of ketones is 1. The molecule has 0 radical (unpaired) electrons. The summed E-state index contributed by atoms with van der Waals surface area (Å²) in [7, 11) is 1.54. The molecule has 0 spiro atoms. The van der Waals surface area contributed by atoms with Crippen LogP contribution in [0.25, 0.3) is 6.08 Å². The Morgan fingerprint density at radius 2 is 1.86 bits per heavy atom. The molecule has 0 bridgehead atoms. The molecule has 1 fully saturated rings. The van der Waals surface area contributed by atoms with Crippen LogP contribution in [-0.4, -0.2) is 46.5 Å². The summed E-state index contributed by atoms with van der Waals surface area (Å²) in [4.78, 5) is 49.6. The van der Waals surface area contributed by atoms with Crippen molar-refractivity contribution in [2.75, 3.05) is 13.7 Å². The molecule has 1 heterocycles. The smallest absolute Gasteiger partial charge is 0.293 e. The first-order valence-electron chi connectivity index (χ1n) is 8.35. The Morgan fingerprint density at radius 1 is 1.17 bits per heavy atom. The number of hydrogen-bond donors (Lipinski definition) is 2. The third-order valence-corrected chi connectivity index (χ3v) is 5.08. The van der Waals surface area contributed by atoms with E-state index in [2.05, 4.69) is 0 Å². The van der Waals surface area contributed by atoms with Crippen LogP contribution in [0.2, 0.25) is 0 Å². The van der Waals surface area contributed by atoms with Crippen molar-refractivity contribution in [1.82, 2.24) is 4.90 Å². The molecule has 8 nitrogen and oxygen atoms in total. The summed E-state index contributed by atoms with van der Waals surface area (Å²) in [5.41, 5.74) is 5.69. The van der Waals surface area contributed by atoms with E-state index >= 15 is 0 Å². The van der Waals surface area contributed by atoms with Crippen LogP contribution in [0.1, 0.15) is 26.3 Å². The molecule has 0 saturated carbocycles. The number of hydrogen-bond acceptors (Lipinski definition) is 7. The van der Waals surface area contributed by atoms with Crippen LogP contribution in [0.4, 0.5) is 4.79 Å². The Hall–Kier alpha value is -3.59. The molecule has 0 atom stereocenters. The van der Waals surface area contributed by atoms with Crippen LogP contribution in [0.3, 0.4) is 0 Å². The lowest BCUT2D eigenvalue weighted by Crippen LogP contribution is -2.33. The van der Waals surface area contributed by atoms with E-state index in [1.54, 1.807) is 30.3 Å². The number of ether oxygens (including phenoxy) is 1. The Morgan fingerprint density at radius 3 is 2.48 bits per heavy atom. The Kier molecular flexibility index (Phi) is 5.69. The number of primary amides is 1. The molecule has 0 aliphatic carbocycles. The van der Waals surface area contributed by atoms with Crippen molar-refractivity contribution in [3.63, 3.8) is 0 Å². The molecule has 3 rings (SSSR count). The van der Waals surface area contributed by atoms with Gasteiger partial charge in [0.05, 0.1) is 24.1 Å². The minimum absolute atomic E-state index is 0.0507. The number of imide groups is 1. The summed E-state index contributed by atoms with van der Waals surface area (Å²) in [6.45, 7) is -0.492. The molecule has 0 unspecified atom stereocenters. The van der Waals surface area contributed by atoms with E-state index in [1.807, 2.05) is 0 Å². The Balaban J connectivity index is 1.78. The fourth-order valence-corrected chi connectivity index (χ4v) is 3.47. The third-order valence-electron chi connectivity index (χ3n) is 4.17. The van der Waals surface area contributed by atoms with Crippen LogP contribution < -0.4 is 10.5 Å². The number of carbonyl (C=O) groups excluding carboxylic acids is 4. The molecule has 2 aromatic carbocycles. The highest BCUT2D eigenvalue weighted by molar-refractivity contribution is 8.18. The quantitative estimate of drug-likeness (QED) is 0.551. The molecule has 0 aromatic heterocycles. The zero-order valence-electron chi connectivity index (χ0n) is 15.2. The maximum atomic E-state index is 12.6. The molecular formula is C20H16N2O6S. The number of amides is 3. The first kappa shape index (κ1) is 20.2. The monoisotopic (exact) mass is 412 g/mol. The second-order valence-corrected chi connectivity index (χ2v) is 7.05. The van der Waals surface area contributed by atoms with Crippen molar-refractivity contribution in [1.29, 1.82) is 0 Å². The van der Waals surface area contributed by atoms with E-state index in [4.69, 9.17) is 10.5 Å². The predicted molar refractivity (Wildman–Crippen MR) is 107 cm³/mol. The minimum atomic E-state index is -0.897. The van der Waals surface area contributed by atoms with Gasteiger partial charge in [0, 0.05) is 5.56 Å². The van der Waals surface area contributed by atoms with Crippen molar-refractivity contribution in [2.45, 2.75) is 0 Å². The van der Waals surface area contributed by atoms with Crippen molar-refractivity contribution in [3.8, 4) is 11.5 Å². The number of rotatable bonds is 6. The molecule has 148 valence electrons. The topological polar surface area (TPSA) is 127 Å². The first-order valence-corrected chi connectivity index (χ1v) is 9.17. The van der Waals surface area contributed by atoms with Gasteiger partial charge in [-0.05, 0) is 53.7 Å². The number of phenols is 1. The van der Waals surface area contributed by atoms with Gasteiger partial charge in [-0.2, -0.15) is 0 Å². The molecule has 1 aliphatic rings.